The molecule has 0 atom stereocenters. The van der Waals surface area contributed by atoms with Gasteiger partial charge in [-0.25, -0.2) is 4.79 Å². The second-order valence-electron chi connectivity index (χ2n) is 2.32. The van der Waals surface area contributed by atoms with Gasteiger partial charge < -0.3 is 14.6 Å². The lowest BCUT2D eigenvalue weighted by atomic mass is 10.3. The van der Waals surface area contributed by atoms with E-state index in [9.17, 15) is 4.79 Å². The van der Waals surface area contributed by atoms with Crippen LogP contribution in [0.2, 0.25) is 0 Å². The first-order valence-electron chi connectivity index (χ1n) is 3.74. The minimum absolute atomic E-state index is 0.187. The molecule has 0 aromatic heterocycles. The zero-order chi connectivity index (χ0) is 8.81. The topological polar surface area (TPSA) is 55.8 Å². The van der Waals surface area contributed by atoms with Crippen molar-refractivity contribution < 1.29 is 19.4 Å². The third-order valence-electron chi connectivity index (χ3n) is 1.39. The Morgan fingerprint density at radius 1 is 1.50 bits per heavy atom. The summed E-state index contributed by atoms with van der Waals surface area (Å²) in [5.41, 5.74) is 0. The lowest BCUT2D eigenvalue weighted by molar-refractivity contribution is -0.130. The average molecular weight is 170 g/mol. The summed E-state index contributed by atoms with van der Waals surface area (Å²) in [6.07, 6.45) is 0.949. The van der Waals surface area contributed by atoms with Crippen molar-refractivity contribution in [3.05, 3.63) is 0 Å². The maximum Gasteiger partial charge on any atom is 0.381 e. The summed E-state index contributed by atoms with van der Waals surface area (Å²) in [4.78, 5) is 9.96. The number of aliphatic carboxylic acids is 1. The first kappa shape index (κ1) is 9.04. The zero-order valence-electron chi connectivity index (χ0n) is 6.58. The number of carboxylic acids is 1. The maximum atomic E-state index is 9.96. The molecule has 66 valence electrons. The SMILES string of the molecule is O=C(O)C#CCCC1OCCO1. The van der Waals surface area contributed by atoms with Crippen molar-refractivity contribution in [3.8, 4) is 11.8 Å². The largest absolute Gasteiger partial charge is 0.472 e. The van der Waals surface area contributed by atoms with E-state index in [1.54, 1.807) is 0 Å². The van der Waals surface area contributed by atoms with E-state index >= 15 is 0 Å². The first-order chi connectivity index (χ1) is 5.79. The van der Waals surface area contributed by atoms with Crippen molar-refractivity contribution >= 4 is 5.97 Å². The first-order valence-corrected chi connectivity index (χ1v) is 3.74. The Labute approximate surface area is 70.5 Å². The molecule has 0 aromatic carbocycles. The van der Waals surface area contributed by atoms with Gasteiger partial charge in [-0.3, -0.25) is 0 Å². The summed E-state index contributed by atoms with van der Waals surface area (Å²) in [6, 6.07) is 0. The third kappa shape index (κ3) is 3.37. The van der Waals surface area contributed by atoms with E-state index in [2.05, 4.69) is 5.92 Å². The minimum atomic E-state index is -1.09. The number of hydrogen-bond acceptors (Lipinski definition) is 3. The second kappa shape index (κ2) is 4.75. The van der Waals surface area contributed by atoms with Crippen LogP contribution < -0.4 is 0 Å². The van der Waals surface area contributed by atoms with Crippen molar-refractivity contribution in [1.82, 2.24) is 0 Å². The molecule has 0 amide bonds. The molecule has 12 heavy (non-hydrogen) atoms. The van der Waals surface area contributed by atoms with Crippen molar-refractivity contribution in [3.63, 3.8) is 0 Å². The van der Waals surface area contributed by atoms with E-state index in [-0.39, 0.29) is 6.29 Å². The Hall–Kier alpha value is -1.05. The average Bonchev–Trinajstić information content (AvgIpc) is 2.49. The maximum absolute atomic E-state index is 9.96. The van der Waals surface area contributed by atoms with E-state index in [1.165, 1.54) is 0 Å². The minimum Gasteiger partial charge on any atom is -0.472 e. The van der Waals surface area contributed by atoms with Gasteiger partial charge in [-0.2, -0.15) is 0 Å². The van der Waals surface area contributed by atoms with Gasteiger partial charge in [0.1, 0.15) is 0 Å². The molecule has 0 saturated carbocycles. The monoisotopic (exact) mass is 170 g/mol. The second-order valence-corrected chi connectivity index (χ2v) is 2.32. The van der Waals surface area contributed by atoms with Crippen molar-refractivity contribution in [2.75, 3.05) is 13.2 Å². The standard InChI is InChI=1S/C8H10O4/c9-7(10)3-1-2-4-8-11-5-6-12-8/h8H,2,4-6H2,(H,9,10). The van der Waals surface area contributed by atoms with E-state index in [4.69, 9.17) is 14.6 Å². The Morgan fingerprint density at radius 2 is 2.17 bits per heavy atom. The van der Waals surface area contributed by atoms with Gasteiger partial charge in [0, 0.05) is 18.8 Å². The van der Waals surface area contributed by atoms with Crippen LogP contribution in [0.4, 0.5) is 0 Å². The number of hydrogen-bond donors (Lipinski definition) is 1. The smallest absolute Gasteiger partial charge is 0.381 e. The van der Waals surface area contributed by atoms with Crippen molar-refractivity contribution in [2.24, 2.45) is 0 Å². The summed E-state index contributed by atoms with van der Waals surface area (Å²) in [7, 11) is 0. The van der Waals surface area contributed by atoms with Gasteiger partial charge in [-0.1, -0.05) is 5.92 Å². The fourth-order valence-electron chi connectivity index (χ4n) is 0.902. The molecule has 0 radical (unpaired) electrons. The van der Waals surface area contributed by atoms with Crippen LogP contribution in [-0.4, -0.2) is 30.6 Å². The zero-order valence-corrected chi connectivity index (χ0v) is 6.58. The van der Waals surface area contributed by atoms with Gasteiger partial charge in [0.05, 0.1) is 13.2 Å². The van der Waals surface area contributed by atoms with Gasteiger partial charge in [0.25, 0.3) is 0 Å². The fraction of sp³-hybridized carbons (Fsp3) is 0.625. The molecule has 0 aromatic rings. The molecular formula is C8H10O4. The van der Waals surface area contributed by atoms with E-state index in [1.807, 2.05) is 5.92 Å². The van der Waals surface area contributed by atoms with Crippen LogP contribution in [0, 0.1) is 11.8 Å². The Morgan fingerprint density at radius 3 is 2.75 bits per heavy atom. The molecule has 1 aliphatic rings. The molecule has 0 bridgehead atoms. The molecule has 1 N–H and O–H groups in total. The van der Waals surface area contributed by atoms with Crippen molar-refractivity contribution in [2.45, 2.75) is 19.1 Å². The summed E-state index contributed by atoms with van der Waals surface area (Å²) in [6.45, 7) is 1.24. The molecule has 1 fully saturated rings. The normalized spacial score (nSPS) is 17.0. The van der Waals surface area contributed by atoms with Gasteiger partial charge in [0.2, 0.25) is 0 Å². The highest BCUT2D eigenvalue weighted by molar-refractivity contribution is 5.86. The molecule has 0 spiro atoms. The quantitative estimate of drug-likeness (QED) is 0.602. The number of ether oxygens (including phenoxy) is 2. The molecule has 4 nitrogen and oxygen atoms in total. The lowest BCUT2D eigenvalue weighted by Crippen LogP contribution is -2.06. The predicted octanol–water partition coefficient (Wildman–Crippen LogP) is 0.228. The van der Waals surface area contributed by atoms with Gasteiger partial charge in [-0.15, -0.1) is 0 Å². The van der Waals surface area contributed by atoms with Gasteiger partial charge in [0.15, 0.2) is 6.29 Å². The molecular weight excluding hydrogens is 160 g/mol. The molecule has 4 heteroatoms. The number of carbonyl (C=O) groups is 1. The van der Waals surface area contributed by atoms with Crippen LogP contribution in [0.25, 0.3) is 0 Å². The summed E-state index contributed by atoms with van der Waals surface area (Å²) in [5.74, 6) is 3.43. The van der Waals surface area contributed by atoms with Crippen LogP contribution in [-0.2, 0) is 14.3 Å². The van der Waals surface area contributed by atoms with Crippen LogP contribution in [0.5, 0.6) is 0 Å². The summed E-state index contributed by atoms with van der Waals surface area (Å²) < 4.78 is 10.2. The van der Waals surface area contributed by atoms with Crippen LogP contribution in [0.15, 0.2) is 0 Å². The lowest BCUT2D eigenvalue weighted by Gasteiger charge is -2.04. The Kier molecular flexibility index (Phi) is 3.58. The van der Waals surface area contributed by atoms with E-state index in [0.717, 1.165) is 0 Å². The molecule has 0 aliphatic carbocycles. The molecule has 1 saturated heterocycles. The molecule has 1 aliphatic heterocycles. The highest BCUT2D eigenvalue weighted by Crippen LogP contribution is 2.08. The van der Waals surface area contributed by atoms with Crippen LogP contribution in [0.3, 0.4) is 0 Å². The van der Waals surface area contributed by atoms with Gasteiger partial charge in [-0.05, 0) is 0 Å². The third-order valence-corrected chi connectivity index (χ3v) is 1.39. The number of carboxylic acid groups (broad SMARTS) is 1. The van der Waals surface area contributed by atoms with Crippen LogP contribution in [0.1, 0.15) is 12.8 Å². The van der Waals surface area contributed by atoms with Crippen molar-refractivity contribution in [1.29, 1.82) is 0 Å². The highest BCUT2D eigenvalue weighted by Gasteiger charge is 2.13. The molecule has 1 rings (SSSR count). The number of rotatable bonds is 2. The highest BCUT2D eigenvalue weighted by atomic mass is 16.7. The van der Waals surface area contributed by atoms with E-state index < -0.39 is 5.97 Å². The Balaban J connectivity index is 2.10. The van der Waals surface area contributed by atoms with Gasteiger partial charge >= 0.3 is 5.97 Å². The molecule has 0 unspecified atom stereocenters. The predicted molar refractivity (Wildman–Crippen MR) is 40.3 cm³/mol. The summed E-state index contributed by atoms with van der Waals surface area (Å²) in [5, 5.41) is 8.17. The summed E-state index contributed by atoms with van der Waals surface area (Å²) >= 11 is 0. The fourth-order valence-corrected chi connectivity index (χ4v) is 0.902. The molecule has 1 heterocycles. The Bertz CT molecular complexity index is 207. The van der Waals surface area contributed by atoms with Crippen LogP contribution >= 0.6 is 0 Å². The van der Waals surface area contributed by atoms with E-state index in [0.29, 0.717) is 26.1 Å².